The zero-order chi connectivity index (χ0) is 5.82. The standard InChI is InChI=1S/C6H8NS.ClH/c1-2-3-7-4-5-8-6-7;/h2,4-6H,1,3H2;1H/q+1;/p-1. The molecule has 0 saturated heterocycles. The molecule has 1 nitrogen and oxygen atoms in total. The summed E-state index contributed by atoms with van der Waals surface area (Å²) in [4.78, 5) is 0. The fourth-order valence-corrected chi connectivity index (χ4v) is 1.12. The Labute approximate surface area is 65.1 Å². The Hall–Kier alpha value is -0.340. The minimum absolute atomic E-state index is 0. The average Bonchev–Trinajstić information content (AvgIpc) is 2.19. The van der Waals surface area contributed by atoms with Crippen LogP contribution in [0, 0.1) is 0 Å². The summed E-state index contributed by atoms with van der Waals surface area (Å²) in [5, 5.41) is 2.05. The predicted molar refractivity (Wildman–Crippen MR) is 34.7 cm³/mol. The molecule has 0 atom stereocenters. The smallest absolute Gasteiger partial charge is 0.224 e. The maximum absolute atomic E-state index is 3.62. The number of allylic oxidation sites excluding steroid dienone is 1. The average molecular weight is 162 g/mol. The van der Waals surface area contributed by atoms with E-state index < -0.39 is 0 Å². The van der Waals surface area contributed by atoms with Gasteiger partial charge in [0.05, 0.1) is 5.38 Å². The van der Waals surface area contributed by atoms with Crippen molar-refractivity contribution in [2.75, 3.05) is 0 Å². The zero-order valence-electron chi connectivity index (χ0n) is 4.96. The predicted octanol–water partition coefficient (Wildman–Crippen LogP) is -1.77. The topological polar surface area (TPSA) is 3.88 Å². The molecule has 0 bridgehead atoms. The summed E-state index contributed by atoms with van der Waals surface area (Å²) in [6.07, 6.45) is 3.92. The van der Waals surface area contributed by atoms with Gasteiger partial charge in [-0.25, -0.2) is 0 Å². The van der Waals surface area contributed by atoms with Crippen molar-refractivity contribution in [3.05, 3.63) is 29.7 Å². The van der Waals surface area contributed by atoms with Gasteiger partial charge < -0.3 is 12.4 Å². The summed E-state index contributed by atoms with van der Waals surface area (Å²) in [7, 11) is 0. The van der Waals surface area contributed by atoms with E-state index in [9.17, 15) is 0 Å². The van der Waals surface area contributed by atoms with E-state index in [0.29, 0.717) is 0 Å². The van der Waals surface area contributed by atoms with Crippen molar-refractivity contribution in [1.82, 2.24) is 0 Å². The summed E-state index contributed by atoms with van der Waals surface area (Å²) in [5.41, 5.74) is 2.06. The number of aromatic nitrogens is 1. The highest BCUT2D eigenvalue weighted by Gasteiger charge is 1.91. The Morgan fingerprint density at radius 1 is 1.67 bits per heavy atom. The van der Waals surface area contributed by atoms with E-state index in [4.69, 9.17) is 0 Å². The first-order valence-electron chi connectivity index (χ1n) is 2.45. The molecular formula is C6H8ClNS. The molecule has 1 aromatic heterocycles. The van der Waals surface area contributed by atoms with Crippen LogP contribution in [0.5, 0.6) is 0 Å². The quantitative estimate of drug-likeness (QED) is 0.357. The van der Waals surface area contributed by atoms with Crippen LogP contribution in [0.4, 0.5) is 0 Å². The molecule has 0 fully saturated rings. The Morgan fingerprint density at radius 3 is 2.89 bits per heavy atom. The van der Waals surface area contributed by atoms with Gasteiger partial charge >= 0.3 is 0 Å². The molecule has 50 valence electrons. The lowest BCUT2D eigenvalue weighted by molar-refractivity contribution is -0.682. The second kappa shape index (κ2) is 4.53. The molecular weight excluding hydrogens is 154 g/mol. The summed E-state index contributed by atoms with van der Waals surface area (Å²) in [6.45, 7) is 4.54. The van der Waals surface area contributed by atoms with E-state index in [1.807, 2.05) is 17.7 Å². The minimum Gasteiger partial charge on any atom is -1.00 e. The van der Waals surface area contributed by atoms with Gasteiger partial charge in [-0.1, -0.05) is 17.9 Å². The number of hydrogen-bond donors (Lipinski definition) is 0. The number of rotatable bonds is 2. The first-order chi connectivity index (χ1) is 3.93. The molecule has 0 aliphatic heterocycles. The van der Waals surface area contributed by atoms with Crippen molar-refractivity contribution >= 4 is 11.3 Å². The highest BCUT2D eigenvalue weighted by atomic mass is 35.5. The van der Waals surface area contributed by atoms with Gasteiger partial charge in [-0.15, -0.1) is 0 Å². The molecule has 0 amide bonds. The van der Waals surface area contributed by atoms with E-state index >= 15 is 0 Å². The van der Waals surface area contributed by atoms with Gasteiger partial charge in [0.2, 0.25) is 5.51 Å². The van der Waals surface area contributed by atoms with Crippen LogP contribution >= 0.6 is 11.3 Å². The van der Waals surface area contributed by atoms with Crippen LogP contribution in [0.2, 0.25) is 0 Å². The molecule has 0 aliphatic rings. The van der Waals surface area contributed by atoms with E-state index in [-0.39, 0.29) is 12.4 Å². The lowest BCUT2D eigenvalue weighted by Gasteiger charge is -1.77. The molecule has 0 unspecified atom stereocenters. The van der Waals surface area contributed by atoms with Crippen molar-refractivity contribution in [2.24, 2.45) is 0 Å². The van der Waals surface area contributed by atoms with Crippen molar-refractivity contribution in [3.63, 3.8) is 0 Å². The van der Waals surface area contributed by atoms with Gasteiger partial charge in [-0.2, -0.15) is 4.57 Å². The van der Waals surface area contributed by atoms with Gasteiger partial charge in [-0.05, 0) is 6.08 Å². The Kier molecular flexibility index (Phi) is 4.36. The highest BCUT2D eigenvalue weighted by molar-refractivity contribution is 7.07. The number of nitrogens with zero attached hydrogens (tertiary/aromatic N) is 1. The zero-order valence-corrected chi connectivity index (χ0v) is 6.53. The van der Waals surface area contributed by atoms with Crippen molar-refractivity contribution in [2.45, 2.75) is 6.54 Å². The fraction of sp³-hybridized carbons (Fsp3) is 0.167. The van der Waals surface area contributed by atoms with Crippen LogP contribution in [0.1, 0.15) is 0 Å². The molecule has 1 rings (SSSR count). The van der Waals surface area contributed by atoms with Crippen molar-refractivity contribution in [1.29, 1.82) is 0 Å². The fourth-order valence-electron chi connectivity index (χ4n) is 0.515. The minimum atomic E-state index is 0. The lowest BCUT2D eigenvalue weighted by atomic mass is 10.6. The summed E-state index contributed by atoms with van der Waals surface area (Å²) < 4.78 is 2.08. The third-order valence-corrected chi connectivity index (χ3v) is 1.54. The third kappa shape index (κ3) is 2.63. The van der Waals surface area contributed by atoms with Gasteiger partial charge in [0.15, 0.2) is 12.7 Å². The highest BCUT2D eigenvalue weighted by Crippen LogP contribution is 1.86. The van der Waals surface area contributed by atoms with Gasteiger partial charge in [0.1, 0.15) is 0 Å². The van der Waals surface area contributed by atoms with Crippen LogP contribution in [0.15, 0.2) is 29.7 Å². The molecule has 0 radical (unpaired) electrons. The first kappa shape index (κ1) is 8.66. The van der Waals surface area contributed by atoms with Crippen molar-refractivity contribution in [3.8, 4) is 0 Å². The second-order valence-electron chi connectivity index (χ2n) is 1.51. The number of hydrogen-bond acceptors (Lipinski definition) is 1. The molecule has 1 heterocycles. The maximum atomic E-state index is 3.62. The Balaban J connectivity index is 0.000000640. The lowest BCUT2D eigenvalue weighted by Crippen LogP contribution is -3.00. The van der Waals surface area contributed by atoms with Gasteiger partial charge in [0.25, 0.3) is 0 Å². The van der Waals surface area contributed by atoms with E-state index in [0.717, 1.165) is 6.54 Å². The van der Waals surface area contributed by atoms with Crippen LogP contribution in [-0.4, -0.2) is 0 Å². The molecule has 0 aliphatic carbocycles. The largest absolute Gasteiger partial charge is 1.00 e. The SMILES string of the molecule is C=CC[n+]1ccsc1.[Cl-]. The van der Waals surface area contributed by atoms with E-state index in [1.54, 1.807) is 11.3 Å². The molecule has 0 aromatic carbocycles. The number of halogens is 1. The van der Waals surface area contributed by atoms with Crippen LogP contribution in [-0.2, 0) is 6.54 Å². The number of thiazole rings is 1. The van der Waals surface area contributed by atoms with E-state index in [1.165, 1.54) is 0 Å². The van der Waals surface area contributed by atoms with Crippen LogP contribution in [0.25, 0.3) is 0 Å². The molecule has 0 N–H and O–H groups in total. The molecule has 0 saturated carbocycles. The normalized spacial score (nSPS) is 8.00. The molecule has 0 spiro atoms. The van der Waals surface area contributed by atoms with Crippen molar-refractivity contribution < 1.29 is 17.0 Å². The molecule has 1 aromatic rings. The summed E-state index contributed by atoms with van der Waals surface area (Å²) >= 11 is 1.69. The Bertz CT molecular complexity index is 160. The van der Waals surface area contributed by atoms with Gasteiger partial charge in [-0.3, -0.25) is 0 Å². The first-order valence-corrected chi connectivity index (χ1v) is 3.40. The van der Waals surface area contributed by atoms with Crippen LogP contribution in [0.3, 0.4) is 0 Å². The van der Waals surface area contributed by atoms with E-state index in [2.05, 4.69) is 16.7 Å². The summed E-state index contributed by atoms with van der Waals surface area (Å²) in [6, 6.07) is 0. The Morgan fingerprint density at radius 2 is 2.44 bits per heavy atom. The van der Waals surface area contributed by atoms with Gasteiger partial charge in [0, 0.05) is 0 Å². The maximum Gasteiger partial charge on any atom is 0.224 e. The second-order valence-corrected chi connectivity index (χ2v) is 2.27. The monoisotopic (exact) mass is 161 g/mol. The third-order valence-electron chi connectivity index (χ3n) is 0.867. The van der Waals surface area contributed by atoms with Crippen LogP contribution < -0.4 is 17.0 Å². The molecule has 3 heteroatoms. The molecule has 9 heavy (non-hydrogen) atoms. The summed E-state index contributed by atoms with van der Waals surface area (Å²) in [5.74, 6) is 0.